The van der Waals surface area contributed by atoms with Gasteiger partial charge in [0.15, 0.2) is 0 Å². The van der Waals surface area contributed by atoms with E-state index in [4.69, 9.17) is 10.7 Å². The molecule has 5 heterocycles. The smallest absolute Gasteiger partial charge is 0.341 e. The molecule has 0 unspecified atom stereocenters. The van der Waals surface area contributed by atoms with Gasteiger partial charge in [-0.15, -0.1) is 0 Å². The van der Waals surface area contributed by atoms with Gasteiger partial charge >= 0.3 is 5.97 Å². The number of fused-ring (bicyclic) bond motifs is 6. The predicted octanol–water partition coefficient (Wildman–Crippen LogP) is 4.12. The van der Waals surface area contributed by atoms with Gasteiger partial charge < -0.3 is 30.6 Å². The molecule has 5 aromatic rings. The van der Waals surface area contributed by atoms with Crippen molar-refractivity contribution >= 4 is 56.5 Å². The summed E-state index contributed by atoms with van der Waals surface area (Å²) in [6.07, 6.45) is 9.31. The molecule has 2 bridgehead atoms. The summed E-state index contributed by atoms with van der Waals surface area (Å²) in [4.78, 5) is 44.5. The van der Waals surface area contributed by atoms with Crippen molar-refractivity contribution in [2.75, 3.05) is 37.4 Å². The van der Waals surface area contributed by atoms with Crippen molar-refractivity contribution in [3.05, 3.63) is 57.9 Å². The first-order chi connectivity index (χ1) is 21.2. The fourth-order valence-corrected chi connectivity index (χ4v) is 7.27. The van der Waals surface area contributed by atoms with Crippen molar-refractivity contribution in [3.63, 3.8) is 0 Å². The quantitative estimate of drug-likeness (QED) is 0.221. The molecule has 44 heavy (non-hydrogen) atoms. The number of nitrogens with zero attached hydrogens (tertiary/aromatic N) is 5. The van der Waals surface area contributed by atoms with E-state index in [2.05, 4.69) is 25.2 Å². The van der Waals surface area contributed by atoms with E-state index in [0.717, 1.165) is 36.9 Å². The van der Waals surface area contributed by atoms with Crippen LogP contribution in [0.1, 0.15) is 35.2 Å². The van der Waals surface area contributed by atoms with E-state index >= 15 is 4.39 Å². The maximum Gasteiger partial charge on any atom is 0.341 e. The van der Waals surface area contributed by atoms with Crippen molar-refractivity contribution in [1.29, 1.82) is 0 Å². The highest BCUT2D eigenvalue weighted by Gasteiger charge is 2.37. The van der Waals surface area contributed by atoms with Crippen LogP contribution in [0.3, 0.4) is 0 Å². The largest absolute Gasteiger partial charge is 0.477 e. The number of hydrogen-bond donors (Lipinski definition) is 4. The molecule has 7 rings (SSSR count). The second-order valence-electron chi connectivity index (χ2n) is 12.0. The topological polar surface area (TPSA) is 155 Å². The fourth-order valence-electron chi connectivity index (χ4n) is 7.27. The summed E-state index contributed by atoms with van der Waals surface area (Å²) in [5, 5.41) is 14.4. The van der Waals surface area contributed by atoms with E-state index in [1.54, 1.807) is 39.6 Å². The maximum absolute atomic E-state index is 15.7. The Hall–Kier alpha value is -4.84. The van der Waals surface area contributed by atoms with Crippen LogP contribution in [0, 0.1) is 17.7 Å². The predicted molar refractivity (Wildman–Crippen MR) is 171 cm³/mol. The van der Waals surface area contributed by atoms with E-state index in [1.807, 2.05) is 0 Å². The van der Waals surface area contributed by atoms with Crippen LogP contribution in [0.25, 0.3) is 44.1 Å². The minimum atomic E-state index is -1.30. The molecule has 1 aliphatic carbocycles. The van der Waals surface area contributed by atoms with E-state index in [0.29, 0.717) is 63.0 Å². The van der Waals surface area contributed by atoms with Gasteiger partial charge in [-0.25, -0.2) is 19.2 Å². The van der Waals surface area contributed by atoms with Gasteiger partial charge in [-0.3, -0.25) is 9.79 Å². The Kier molecular flexibility index (Phi) is 6.61. The lowest BCUT2D eigenvalue weighted by Crippen LogP contribution is -2.50. The highest BCUT2D eigenvalue weighted by Crippen LogP contribution is 2.46. The third kappa shape index (κ3) is 4.23. The number of nitrogens with one attached hydrogen (secondary N) is 2. The lowest BCUT2D eigenvalue weighted by Gasteiger charge is -2.45. The van der Waals surface area contributed by atoms with Gasteiger partial charge in [-0.1, -0.05) is 0 Å². The standard InChI is InChI=1S/C32H33FN8O3/c1-35-10-20-22(33)8-24(36-2)27-25(20)26-28(41-12-15-4-5-23(34)17(6-15)13-41)19(11-37-30(26)39-27)16-7-18-29(42)21(32(43)44)14-40(3)31(18)38-9-16/h7-11,14-15,17,23,36H,4-6,12-13,34H2,1-3H3,(H,37,39)(H,43,44)/t15-,17+,23+/m0/s1. The molecule has 5 N–H and O–H groups in total. The molecule has 1 aromatic carbocycles. The number of hydrogen-bond acceptors (Lipinski definition) is 8. The summed E-state index contributed by atoms with van der Waals surface area (Å²) in [7, 11) is 5.01. The number of piperidine rings is 1. The number of aromatic carboxylic acids is 1. The van der Waals surface area contributed by atoms with Crippen LogP contribution in [-0.2, 0) is 7.05 Å². The number of aliphatic imine (C=N–C) groups is 1. The van der Waals surface area contributed by atoms with Gasteiger partial charge in [0.25, 0.3) is 0 Å². The first-order valence-electron chi connectivity index (χ1n) is 14.7. The molecular formula is C32H33FN8O3. The van der Waals surface area contributed by atoms with Crippen molar-refractivity contribution in [1.82, 2.24) is 19.5 Å². The maximum atomic E-state index is 15.7. The average Bonchev–Trinajstić information content (AvgIpc) is 3.41. The third-order valence-corrected chi connectivity index (χ3v) is 9.34. The molecule has 0 radical (unpaired) electrons. The number of aryl methyl sites for hydroxylation is 1. The zero-order chi connectivity index (χ0) is 30.9. The Morgan fingerprint density at radius 1 is 1.23 bits per heavy atom. The van der Waals surface area contributed by atoms with Gasteiger partial charge in [-0.05, 0) is 43.2 Å². The molecule has 0 spiro atoms. The number of carboxylic acid groups (broad SMARTS) is 1. The molecule has 1 aliphatic heterocycles. The average molecular weight is 597 g/mol. The molecule has 2 fully saturated rings. The minimum absolute atomic E-state index is 0.0914. The summed E-state index contributed by atoms with van der Waals surface area (Å²) in [5.74, 6) is -0.968. The van der Waals surface area contributed by atoms with Crippen molar-refractivity contribution in [3.8, 4) is 11.1 Å². The van der Waals surface area contributed by atoms with Gasteiger partial charge in [0.05, 0.1) is 27.7 Å². The van der Waals surface area contributed by atoms with Crippen molar-refractivity contribution < 1.29 is 14.3 Å². The number of aromatic amines is 1. The molecule has 2 aliphatic rings. The first-order valence-corrected chi connectivity index (χ1v) is 14.7. The molecule has 11 nitrogen and oxygen atoms in total. The number of carboxylic acids is 1. The van der Waals surface area contributed by atoms with Crippen LogP contribution in [0.5, 0.6) is 0 Å². The number of aromatic nitrogens is 4. The first kappa shape index (κ1) is 28.0. The summed E-state index contributed by atoms with van der Waals surface area (Å²) in [6, 6.07) is 3.22. The zero-order valence-electron chi connectivity index (χ0n) is 24.7. The molecule has 1 saturated carbocycles. The van der Waals surface area contributed by atoms with E-state index < -0.39 is 17.2 Å². The Morgan fingerprint density at radius 2 is 2.05 bits per heavy atom. The Labute approximate surface area is 251 Å². The van der Waals surface area contributed by atoms with Crippen LogP contribution >= 0.6 is 0 Å². The van der Waals surface area contributed by atoms with Crippen LogP contribution in [0.2, 0.25) is 0 Å². The number of H-pyrrole nitrogens is 1. The zero-order valence-corrected chi connectivity index (χ0v) is 24.7. The number of benzene rings is 1. The lowest BCUT2D eigenvalue weighted by molar-refractivity contribution is 0.0695. The number of anilines is 2. The van der Waals surface area contributed by atoms with Crippen LogP contribution in [-0.4, -0.2) is 70.0 Å². The second kappa shape index (κ2) is 10.4. The summed E-state index contributed by atoms with van der Waals surface area (Å²) in [6.45, 7) is 1.51. The van der Waals surface area contributed by atoms with E-state index in [-0.39, 0.29) is 17.0 Å². The second-order valence-corrected chi connectivity index (χ2v) is 12.0. The number of halogens is 1. The Bertz CT molecular complexity index is 2080. The fraction of sp³-hybridized carbons (Fsp3) is 0.344. The highest BCUT2D eigenvalue weighted by atomic mass is 19.1. The van der Waals surface area contributed by atoms with Gasteiger partial charge in [0.2, 0.25) is 5.43 Å². The van der Waals surface area contributed by atoms with Gasteiger partial charge in [0.1, 0.15) is 22.7 Å². The molecule has 226 valence electrons. The summed E-state index contributed by atoms with van der Waals surface area (Å²) in [5.41, 5.74) is 10.4. The van der Waals surface area contributed by atoms with E-state index in [9.17, 15) is 14.7 Å². The number of carbonyl (C=O) groups is 1. The minimum Gasteiger partial charge on any atom is -0.477 e. The van der Waals surface area contributed by atoms with Crippen molar-refractivity contribution in [2.24, 2.45) is 29.6 Å². The molecule has 12 heteroatoms. The lowest BCUT2D eigenvalue weighted by atomic mass is 9.75. The molecule has 0 amide bonds. The Morgan fingerprint density at radius 3 is 2.80 bits per heavy atom. The van der Waals surface area contributed by atoms with Crippen LogP contribution in [0.4, 0.5) is 15.8 Å². The summed E-state index contributed by atoms with van der Waals surface area (Å²) < 4.78 is 17.2. The van der Waals surface area contributed by atoms with Gasteiger partial charge in [-0.2, -0.15) is 0 Å². The van der Waals surface area contributed by atoms with E-state index in [1.165, 1.54) is 23.0 Å². The third-order valence-electron chi connectivity index (χ3n) is 9.34. The number of pyridine rings is 3. The Balaban J connectivity index is 1.58. The SMILES string of the molecule is CN=Cc1c(F)cc(NC)c2[nH]c3ncc(-c4cnc5c(c4)c(=O)c(C(=O)O)cn5C)c(N4C[C@H]5CC[C@@H](N)[C@H](C5)C4)c3c12. The van der Waals surface area contributed by atoms with Gasteiger partial charge in [0, 0.05) is 87.2 Å². The van der Waals surface area contributed by atoms with Crippen molar-refractivity contribution in [2.45, 2.75) is 25.3 Å². The van der Waals surface area contributed by atoms with Crippen LogP contribution < -0.4 is 21.4 Å². The summed E-state index contributed by atoms with van der Waals surface area (Å²) >= 11 is 0. The normalized spacial score (nSPS) is 20.3. The number of rotatable bonds is 5. The monoisotopic (exact) mass is 596 g/mol. The highest BCUT2D eigenvalue weighted by molar-refractivity contribution is 6.22. The van der Waals surface area contributed by atoms with Crippen LogP contribution in [0.15, 0.2) is 40.5 Å². The number of nitrogens with two attached hydrogens (primary N) is 1. The molecule has 4 aromatic heterocycles. The molecule has 3 atom stereocenters. The molecule has 1 saturated heterocycles. The molecular weight excluding hydrogens is 563 g/mol.